The molecule has 0 aliphatic rings. The van der Waals surface area contributed by atoms with Crippen LogP contribution in [-0.2, 0) is 4.74 Å². The molecule has 0 aliphatic carbocycles. The lowest BCUT2D eigenvalue weighted by molar-refractivity contribution is -0.139. The fourth-order valence-electron chi connectivity index (χ4n) is 0.853. The normalized spacial score (nSPS) is 13.6. The van der Waals surface area contributed by atoms with Crippen molar-refractivity contribution in [3.05, 3.63) is 0 Å². The minimum Gasteiger partial charge on any atom is -0.367 e. The minimum absolute atomic E-state index is 0.0580. The molecule has 13 heavy (non-hydrogen) atoms. The van der Waals surface area contributed by atoms with Gasteiger partial charge in [-0.3, -0.25) is 4.99 Å². The van der Waals surface area contributed by atoms with Gasteiger partial charge < -0.3 is 10.1 Å². The highest BCUT2D eigenvalue weighted by atomic mass is 19.3. The zero-order chi connectivity index (χ0) is 10.5. The Kier molecular flexibility index (Phi) is 4.83. The first-order valence-electron chi connectivity index (χ1n) is 3.99. The number of amidine groups is 1. The standard InChI is InChI=1S/C8H16F2N2O/c1-6(11-4)12-8(2,3)5-13-7(9)10/h7H,5H2,1-4H3,(H,11,12). The Morgan fingerprint density at radius 2 is 2.08 bits per heavy atom. The monoisotopic (exact) mass is 194 g/mol. The van der Waals surface area contributed by atoms with Crippen molar-refractivity contribution < 1.29 is 13.5 Å². The fourth-order valence-corrected chi connectivity index (χ4v) is 0.853. The van der Waals surface area contributed by atoms with E-state index >= 15 is 0 Å². The summed E-state index contributed by atoms with van der Waals surface area (Å²) in [6.45, 7) is 2.52. The van der Waals surface area contributed by atoms with Crippen LogP contribution in [0.2, 0.25) is 0 Å². The molecule has 0 aromatic rings. The summed E-state index contributed by atoms with van der Waals surface area (Å²) in [6, 6.07) is 0. The summed E-state index contributed by atoms with van der Waals surface area (Å²) in [7, 11) is 1.63. The van der Waals surface area contributed by atoms with E-state index in [0.29, 0.717) is 5.84 Å². The molecule has 3 nitrogen and oxygen atoms in total. The van der Waals surface area contributed by atoms with E-state index in [1.807, 2.05) is 0 Å². The smallest absolute Gasteiger partial charge is 0.345 e. The van der Waals surface area contributed by atoms with Crippen molar-refractivity contribution in [1.82, 2.24) is 5.32 Å². The number of ether oxygens (including phenoxy) is 1. The molecule has 0 rings (SSSR count). The van der Waals surface area contributed by atoms with Crippen molar-refractivity contribution >= 4 is 5.84 Å². The molecule has 0 bridgehead atoms. The predicted molar refractivity (Wildman–Crippen MR) is 48.2 cm³/mol. The lowest BCUT2D eigenvalue weighted by Crippen LogP contribution is -2.46. The third kappa shape index (κ3) is 6.45. The van der Waals surface area contributed by atoms with Gasteiger partial charge in [-0.15, -0.1) is 0 Å². The first-order chi connectivity index (χ1) is 5.87. The molecule has 0 fully saturated rings. The maximum absolute atomic E-state index is 11.7. The Hall–Kier alpha value is -0.710. The zero-order valence-electron chi connectivity index (χ0n) is 8.40. The van der Waals surface area contributed by atoms with E-state index in [2.05, 4.69) is 15.0 Å². The molecule has 0 unspecified atom stereocenters. The van der Waals surface area contributed by atoms with E-state index in [1.54, 1.807) is 27.8 Å². The van der Waals surface area contributed by atoms with Gasteiger partial charge >= 0.3 is 6.61 Å². The van der Waals surface area contributed by atoms with Crippen LogP contribution in [0.5, 0.6) is 0 Å². The highest BCUT2D eigenvalue weighted by molar-refractivity contribution is 5.80. The van der Waals surface area contributed by atoms with Crippen LogP contribution in [-0.4, -0.2) is 31.6 Å². The average molecular weight is 194 g/mol. The summed E-state index contributed by atoms with van der Waals surface area (Å²) in [5.41, 5.74) is -0.528. The van der Waals surface area contributed by atoms with Gasteiger partial charge in [0.2, 0.25) is 0 Å². The molecule has 1 N–H and O–H groups in total. The van der Waals surface area contributed by atoms with E-state index in [-0.39, 0.29) is 6.61 Å². The second kappa shape index (κ2) is 5.11. The van der Waals surface area contributed by atoms with Gasteiger partial charge in [0.1, 0.15) is 0 Å². The predicted octanol–water partition coefficient (Wildman–Crippen LogP) is 1.64. The SMILES string of the molecule is CN=C(C)NC(C)(C)COC(F)F. The topological polar surface area (TPSA) is 33.6 Å². The van der Waals surface area contributed by atoms with Crippen molar-refractivity contribution in [2.24, 2.45) is 4.99 Å². The Labute approximate surface area is 77.2 Å². The lowest BCUT2D eigenvalue weighted by atomic mass is 10.1. The number of nitrogens with one attached hydrogen (secondary N) is 1. The maximum atomic E-state index is 11.7. The summed E-state index contributed by atoms with van der Waals surface area (Å²) in [6.07, 6.45) is 0. The van der Waals surface area contributed by atoms with Crippen LogP contribution in [0.3, 0.4) is 0 Å². The van der Waals surface area contributed by atoms with Crippen molar-refractivity contribution in [1.29, 1.82) is 0 Å². The summed E-state index contributed by atoms with van der Waals surface area (Å²) < 4.78 is 27.6. The van der Waals surface area contributed by atoms with Gasteiger partial charge in [-0.1, -0.05) is 0 Å². The van der Waals surface area contributed by atoms with Crippen molar-refractivity contribution in [3.63, 3.8) is 0 Å². The molecule has 0 saturated carbocycles. The quantitative estimate of drug-likeness (QED) is 0.545. The molecular weight excluding hydrogens is 178 g/mol. The molecule has 0 heterocycles. The minimum atomic E-state index is -2.72. The van der Waals surface area contributed by atoms with Crippen LogP contribution >= 0.6 is 0 Å². The van der Waals surface area contributed by atoms with Crippen molar-refractivity contribution in [2.75, 3.05) is 13.7 Å². The molecule has 0 aromatic heterocycles. The second-order valence-electron chi connectivity index (χ2n) is 3.39. The number of hydrogen-bond donors (Lipinski definition) is 1. The Morgan fingerprint density at radius 3 is 2.46 bits per heavy atom. The summed E-state index contributed by atoms with van der Waals surface area (Å²) in [5.74, 6) is 0.697. The van der Waals surface area contributed by atoms with Gasteiger partial charge in [-0.05, 0) is 20.8 Å². The summed E-state index contributed by atoms with van der Waals surface area (Å²) in [4.78, 5) is 3.86. The molecule has 78 valence electrons. The zero-order valence-corrected chi connectivity index (χ0v) is 8.40. The van der Waals surface area contributed by atoms with Crippen molar-refractivity contribution in [2.45, 2.75) is 32.9 Å². The molecule has 0 saturated heterocycles. The maximum Gasteiger partial charge on any atom is 0.345 e. The number of alkyl halides is 2. The summed E-state index contributed by atoms with van der Waals surface area (Å²) >= 11 is 0. The highest BCUT2D eigenvalue weighted by Crippen LogP contribution is 2.06. The van der Waals surface area contributed by atoms with Crippen LogP contribution in [0.1, 0.15) is 20.8 Å². The van der Waals surface area contributed by atoms with Crippen LogP contribution in [0, 0.1) is 0 Å². The largest absolute Gasteiger partial charge is 0.367 e. The summed E-state index contributed by atoms with van der Waals surface area (Å²) in [5, 5.41) is 2.95. The van der Waals surface area contributed by atoms with Crippen molar-refractivity contribution in [3.8, 4) is 0 Å². The van der Waals surface area contributed by atoms with Gasteiger partial charge in [0, 0.05) is 7.05 Å². The first kappa shape index (κ1) is 12.3. The van der Waals surface area contributed by atoms with Crippen LogP contribution in [0.25, 0.3) is 0 Å². The van der Waals surface area contributed by atoms with Gasteiger partial charge in [0.15, 0.2) is 0 Å². The molecule has 0 atom stereocenters. The number of halogens is 2. The number of rotatable bonds is 4. The van der Waals surface area contributed by atoms with Gasteiger partial charge in [0.05, 0.1) is 18.0 Å². The number of nitrogens with zero attached hydrogens (tertiary/aromatic N) is 1. The van der Waals surface area contributed by atoms with E-state index < -0.39 is 12.2 Å². The molecule has 0 amide bonds. The van der Waals surface area contributed by atoms with Crippen LogP contribution < -0.4 is 5.32 Å². The lowest BCUT2D eigenvalue weighted by Gasteiger charge is -2.26. The van der Waals surface area contributed by atoms with Gasteiger partial charge in [-0.2, -0.15) is 8.78 Å². The molecule has 0 aliphatic heterocycles. The number of aliphatic imine (C=N–C) groups is 1. The van der Waals surface area contributed by atoms with Gasteiger partial charge in [0.25, 0.3) is 0 Å². The third-order valence-corrected chi connectivity index (χ3v) is 1.42. The van der Waals surface area contributed by atoms with E-state index in [1.165, 1.54) is 0 Å². The van der Waals surface area contributed by atoms with E-state index in [4.69, 9.17) is 0 Å². The Bertz CT molecular complexity index is 181. The molecule has 0 spiro atoms. The molecule has 0 aromatic carbocycles. The third-order valence-electron chi connectivity index (χ3n) is 1.42. The Morgan fingerprint density at radius 1 is 1.54 bits per heavy atom. The fraction of sp³-hybridized carbons (Fsp3) is 0.875. The van der Waals surface area contributed by atoms with Gasteiger partial charge in [-0.25, -0.2) is 0 Å². The molecule has 0 radical (unpaired) electrons. The average Bonchev–Trinajstić information content (AvgIpc) is 2.00. The van der Waals surface area contributed by atoms with Crippen LogP contribution in [0.15, 0.2) is 4.99 Å². The second-order valence-corrected chi connectivity index (χ2v) is 3.39. The number of hydrogen-bond acceptors (Lipinski definition) is 2. The molecule has 5 heteroatoms. The van der Waals surface area contributed by atoms with Crippen LogP contribution in [0.4, 0.5) is 8.78 Å². The van der Waals surface area contributed by atoms with E-state index in [9.17, 15) is 8.78 Å². The Balaban J connectivity index is 3.93. The van der Waals surface area contributed by atoms with E-state index in [0.717, 1.165) is 0 Å². The highest BCUT2D eigenvalue weighted by Gasteiger charge is 2.19. The molecular formula is C8H16F2N2O. The first-order valence-corrected chi connectivity index (χ1v) is 3.99.